The summed E-state index contributed by atoms with van der Waals surface area (Å²) in [4.78, 5) is 12.1. The van der Waals surface area contributed by atoms with E-state index >= 15 is 0 Å². The zero-order valence-electron chi connectivity index (χ0n) is 11.8. The number of hydrogen-bond donors (Lipinski definition) is 1. The third-order valence-electron chi connectivity index (χ3n) is 3.20. The van der Waals surface area contributed by atoms with Crippen LogP contribution in [-0.4, -0.2) is 25.4 Å². The number of halogens is 1. The molecule has 0 spiro atoms. The maximum Gasteiger partial charge on any atom is 0.350 e. The van der Waals surface area contributed by atoms with E-state index in [1.165, 1.54) is 30.6 Å². The average molecular weight is 320 g/mol. The third-order valence-corrected chi connectivity index (χ3v) is 4.09. The Hall–Kier alpha value is -2.41. The van der Waals surface area contributed by atoms with Gasteiger partial charge in [-0.05, 0) is 29.6 Å². The third kappa shape index (κ3) is 2.80. The molecule has 1 aromatic heterocycles. The maximum atomic E-state index is 13.4. The molecule has 2 heterocycles. The molecule has 0 fully saturated rings. The second kappa shape index (κ2) is 6.15. The highest BCUT2D eigenvalue weighted by Crippen LogP contribution is 2.27. The predicted octanol–water partition coefficient (Wildman–Crippen LogP) is 3.27. The second-order valence-corrected chi connectivity index (χ2v) is 5.48. The number of hydrazone groups is 1. The number of nitrogens with one attached hydrogen (secondary N) is 1. The summed E-state index contributed by atoms with van der Waals surface area (Å²) in [5, 5.41) is 6.07. The first-order valence-electron chi connectivity index (χ1n) is 6.60. The number of methoxy groups -OCH3 is 1. The number of benzene rings is 1. The molecule has 1 N–H and O–H groups in total. The fourth-order valence-corrected chi connectivity index (χ4v) is 2.90. The smallest absolute Gasteiger partial charge is 0.350 e. The highest BCUT2D eigenvalue weighted by Gasteiger charge is 2.18. The van der Waals surface area contributed by atoms with E-state index in [9.17, 15) is 9.18 Å². The van der Waals surface area contributed by atoms with E-state index < -0.39 is 5.97 Å². The Bertz CT molecular complexity index is 742. The van der Waals surface area contributed by atoms with Gasteiger partial charge in [-0.25, -0.2) is 9.18 Å². The molecule has 0 aliphatic carbocycles. The summed E-state index contributed by atoms with van der Waals surface area (Å²) in [6.45, 7) is 0.479. The van der Waals surface area contributed by atoms with Crippen LogP contribution >= 0.6 is 11.3 Å². The topological polar surface area (TPSA) is 59.9 Å². The summed E-state index contributed by atoms with van der Waals surface area (Å²) in [6, 6.07) is 6.07. The summed E-state index contributed by atoms with van der Waals surface area (Å²) in [6.07, 6.45) is 0.557. The van der Waals surface area contributed by atoms with Crippen LogP contribution in [0.2, 0.25) is 0 Å². The number of anilines is 1. The number of fused-ring (bicyclic) bond motifs is 1. The summed E-state index contributed by atoms with van der Waals surface area (Å²) >= 11 is 1.27. The van der Waals surface area contributed by atoms with Gasteiger partial charge in [0.15, 0.2) is 0 Å². The zero-order valence-corrected chi connectivity index (χ0v) is 12.6. The van der Waals surface area contributed by atoms with E-state index in [2.05, 4.69) is 10.5 Å². The fraction of sp³-hybridized carbons (Fsp3) is 0.200. The largest absolute Gasteiger partial charge is 0.492 e. The van der Waals surface area contributed by atoms with Crippen molar-refractivity contribution < 1.29 is 18.7 Å². The second-order valence-electron chi connectivity index (χ2n) is 4.56. The molecule has 1 aromatic carbocycles. The number of esters is 1. The Morgan fingerprint density at radius 1 is 1.45 bits per heavy atom. The number of carbonyl (C=O) groups excluding carboxylic acids is 1. The Balaban J connectivity index is 1.87. The molecule has 0 bridgehead atoms. The van der Waals surface area contributed by atoms with Gasteiger partial charge in [0.05, 0.1) is 25.1 Å². The summed E-state index contributed by atoms with van der Waals surface area (Å²) < 4.78 is 23.6. The summed E-state index contributed by atoms with van der Waals surface area (Å²) in [7, 11) is 1.33. The van der Waals surface area contributed by atoms with Crippen LogP contribution in [0.1, 0.15) is 21.7 Å². The first-order valence-corrected chi connectivity index (χ1v) is 7.48. The van der Waals surface area contributed by atoms with Crippen LogP contribution in [0, 0.1) is 5.82 Å². The SMILES string of the molecule is COC(=O)c1sccc1N/N=C1\CCOc2ccc(F)cc21. The van der Waals surface area contributed by atoms with Gasteiger partial charge in [-0.1, -0.05) is 0 Å². The van der Waals surface area contributed by atoms with Gasteiger partial charge in [0.25, 0.3) is 0 Å². The minimum Gasteiger partial charge on any atom is -0.492 e. The van der Waals surface area contributed by atoms with Crippen LogP contribution in [0.4, 0.5) is 10.1 Å². The summed E-state index contributed by atoms with van der Waals surface area (Å²) in [5.74, 6) is -0.162. The molecule has 0 amide bonds. The Kier molecular flexibility index (Phi) is 4.06. The molecule has 114 valence electrons. The van der Waals surface area contributed by atoms with Crippen molar-refractivity contribution >= 4 is 28.7 Å². The highest BCUT2D eigenvalue weighted by molar-refractivity contribution is 7.12. The standard InChI is InChI=1S/C15H13FN2O3S/c1-20-15(19)14-12(5-7-22-14)18-17-11-4-6-21-13-3-2-9(16)8-10(11)13/h2-3,5,7-8,18H,4,6H2,1H3/b17-11+. The predicted molar refractivity (Wildman–Crippen MR) is 82.3 cm³/mol. The van der Waals surface area contributed by atoms with Gasteiger partial charge in [-0.3, -0.25) is 5.43 Å². The average Bonchev–Trinajstić information content (AvgIpc) is 3.00. The van der Waals surface area contributed by atoms with Crippen LogP contribution < -0.4 is 10.2 Å². The van der Waals surface area contributed by atoms with E-state index in [0.29, 0.717) is 40.6 Å². The lowest BCUT2D eigenvalue weighted by atomic mass is 10.0. The van der Waals surface area contributed by atoms with Crippen LogP contribution in [0.25, 0.3) is 0 Å². The van der Waals surface area contributed by atoms with Crippen molar-refractivity contribution in [1.29, 1.82) is 0 Å². The van der Waals surface area contributed by atoms with Gasteiger partial charge >= 0.3 is 5.97 Å². The van der Waals surface area contributed by atoms with Gasteiger partial charge in [-0.2, -0.15) is 5.10 Å². The van der Waals surface area contributed by atoms with E-state index in [0.717, 1.165) is 0 Å². The van der Waals surface area contributed by atoms with Gasteiger partial charge in [0.1, 0.15) is 16.4 Å². The molecule has 0 saturated carbocycles. The van der Waals surface area contributed by atoms with Crippen LogP contribution in [-0.2, 0) is 4.74 Å². The Labute approximate surface area is 130 Å². The van der Waals surface area contributed by atoms with Crippen molar-refractivity contribution in [2.45, 2.75) is 6.42 Å². The van der Waals surface area contributed by atoms with Crippen molar-refractivity contribution in [3.05, 3.63) is 45.9 Å². The lowest BCUT2D eigenvalue weighted by molar-refractivity contribution is 0.0607. The fourth-order valence-electron chi connectivity index (χ4n) is 2.14. The van der Waals surface area contributed by atoms with Gasteiger partial charge < -0.3 is 9.47 Å². The van der Waals surface area contributed by atoms with Crippen molar-refractivity contribution in [3.8, 4) is 5.75 Å². The van der Waals surface area contributed by atoms with E-state index in [1.807, 2.05) is 0 Å². The number of thiophene rings is 1. The number of carbonyl (C=O) groups is 1. The molecule has 3 rings (SSSR count). The van der Waals surface area contributed by atoms with Crippen LogP contribution in [0.15, 0.2) is 34.7 Å². The van der Waals surface area contributed by atoms with Gasteiger partial charge in [0.2, 0.25) is 0 Å². The molecule has 0 saturated heterocycles. The maximum absolute atomic E-state index is 13.4. The molecule has 2 aromatic rings. The molecule has 22 heavy (non-hydrogen) atoms. The Morgan fingerprint density at radius 3 is 3.14 bits per heavy atom. The first kappa shape index (κ1) is 14.5. The normalized spacial score (nSPS) is 15.1. The highest BCUT2D eigenvalue weighted by atomic mass is 32.1. The van der Waals surface area contributed by atoms with E-state index in [4.69, 9.17) is 9.47 Å². The summed E-state index contributed by atoms with van der Waals surface area (Å²) in [5.41, 5.74) is 4.72. The number of nitrogens with zero attached hydrogens (tertiary/aromatic N) is 1. The van der Waals surface area contributed by atoms with Gasteiger partial charge in [0, 0.05) is 12.0 Å². The number of ether oxygens (including phenoxy) is 2. The molecule has 1 aliphatic heterocycles. The molecule has 0 radical (unpaired) electrons. The molecular weight excluding hydrogens is 307 g/mol. The van der Waals surface area contributed by atoms with E-state index in [-0.39, 0.29) is 5.82 Å². The quantitative estimate of drug-likeness (QED) is 0.696. The molecule has 0 unspecified atom stereocenters. The van der Waals surface area contributed by atoms with Crippen molar-refractivity contribution in [3.63, 3.8) is 0 Å². The van der Waals surface area contributed by atoms with Crippen LogP contribution in [0.5, 0.6) is 5.75 Å². The zero-order chi connectivity index (χ0) is 15.5. The molecule has 5 nitrogen and oxygen atoms in total. The van der Waals surface area contributed by atoms with Crippen LogP contribution in [0.3, 0.4) is 0 Å². The van der Waals surface area contributed by atoms with Crippen molar-refractivity contribution in [2.24, 2.45) is 5.10 Å². The van der Waals surface area contributed by atoms with Gasteiger partial charge in [-0.15, -0.1) is 11.3 Å². The molecule has 7 heteroatoms. The first-order chi connectivity index (χ1) is 10.7. The lowest BCUT2D eigenvalue weighted by Crippen LogP contribution is -2.18. The van der Waals surface area contributed by atoms with Crippen molar-refractivity contribution in [2.75, 3.05) is 19.1 Å². The monoisotopic (exact) mass is 320 g/mol. The number of rotatable bonds is 3. The molecule has 0 atom stereocenters. The van der Waals surface area contributed by atoms with Crippen molar-refractivity contribution in [1.82, 2.24) is 0 Å². The molecular formula is C15H13FN2O3S. The lowest BCUT2D eigenvalue weighted by Gasteiger charge is -2.19. The molecule has 1 aliphatic rings. The minimum atomic E-state index is -0.420. The Morgan fingerprint density at radius 2 is 2.32 bits per heavy atom. The minimum absolute atomic E-state index is 0.345. The number of hydrogen-bond acceptors (Lipinski definition) is 6. The van der Waals surface area contributed by atoms with E-state index in [1.54, 1.807) is 17.5 Å².